The van der Waals surface area contributed by atoms with E-state index in [9.17, 15) is 9.90 Å². The SMILES string of the molecule is CCCc1cc(C(=O)O)c2c(C)cn(C(C)C)c2c1. The van der Waals surface area contributed by atoms with Crippen LogP contribution >= 0.6 is 0 Å². The maximum Gasteiger partial charge on any atom is 0.336 e. The molecule has 1 N–H and O–H groups in total. The van der Waals surface area contributed by atoms with Crippen molar-refractivity contribution in [2.45, 2.75) is 46.6 Å². The molecule has 0 radical (unpaired) electrons. The van der Waals surface area contributed by atoms with Gasteiger partial charge in [-0.05, 0) is 50.5 Å². The summed E-state index contributed by atoms with van der Waals surface area (Å²) in [4.78, 5) is 11.5. The van der Waals surface area contributed by atoms with Crippen LogP contribution in [0, 0.1) is 6.92 Å². The van der Waals surface area contributed by atoms with Crippen molar-refractivity contribution in [3.8, 4) is 0 Å². The minimum atomic E-state index is -0.840. The summed E-state index contributed by atoms with van der Waals surface area (Å²) in [5, 5.41) is 10.3. The molecule has 2 aromatic rings. The van der Waals surface area contributed by atoms with Crippen LogP contribution in [0.5, 0.6) is 0 Å². The molecule has 0 aliphatic rings. The average Bonchev–Trinajstić information content (AvgIpc) is 2.66. The van der Waals surface area contributed by atoms with Crippen LogP contribution in [0.25, 0.3) is 10.9 Å². The third-order valence-corrected chi connectivity index (χ3v) is 3.51. The molecule has 1 aromatic carbocycles. The topological polar surface area (TPSA) is 42.2 Å². The van der Waals surface area contributed by atoms with Gasteiger partial charge in [-0.2, -0.15) is 0 Å². The van der Waals surface area contributed by atoms with Gasteiger partial charge in [-0.3, -0.25) is 0 Å². The maximum absolute atomic E-state index is 11.5. The fourth-order valence-corrected chi connectivity index (χ4v) is 2.67. The molecule has 1 heterocycles. The van der Waals surface area contributed by atoms with Crippen molar-refractivity contribution in [1.29, 1.82) is 0 Å². The zero-order valence-corrected chi connectivity index (χ0v) is 12.0. The minimum Gasteiger partial charge on any atom is -0.478 e. The van der Waals surface area contributed by atoms with E-state index in [0.717, 1.165) is 34.9 Å². The summed E-state index contributed by atoms with van der Waals surface area (Å²) in [5.41, 5.74) is 3.60. The van der Waals surface area contributed by atoms with Gasteiger partial charge in [-0.25, -0.2) is 4.79 Å². The van der Waals surface area contributed by atoms with E-state index >= 15 is 0 Å². The van der Waals surface area contributed by atoms with Gasteiger partial charge in [0.25, 0.3) is 0 Å². The Morgan fingerprint density at radius 3 is 2.58 bits per heavy atom. The third-order valence-electron chi connectivity index (χ3n) is 3.51. The standard InChI is InChI=1S/C16H21NO2/c1-5-6-12-7-13(16(18)19)15-11(4)9-17(10(2)3)14(15)8-12/h7-10H,5-6H2,1-4H3,(H,18,19). The highest BCUT2D eigenvalue weighted by Gasteiger charge is 2.17. The van der Waals surface area contributed by atoms with Crippen LogP contribution in [0.2, 0.25) is 0 Å². The molecular weight excluding hydrogens is 238 g/mol. The minimum absolute atomic E-state index is 0.328. The zero-order valence-electron chi connectivity index (χ0n) is 12.0. The first kappa shape index (κ1) is 13.7. The predicted molar refractivity (Wildman–Crippen MR) is 78.0 cm³/mol. The Balaban J connectivity index is 2.80. The van der Waals surface area contributed by atoms with E-state index in [1.54, 1.807) is 0 Å². The molecule has 0 unspecified atom stereocenters. The van der Waals surface area contributed by atoms with Crippen molar-refractivity contribution in [2.24, 2.45) is 0 Å². The molecule has 1 aromatic heterocycles. The zero-order chi connectivity index (χ0) is 14.2. The molecule has 3 nitrogen and oxygen atoms in total. The van der Waals surface area contributed by atoms with Crippen molar-refractivity contribution in [3.05, 3.63) is 35.0 Å². The lowest BCUT2D eigenvalue weighted by Crippen LogP contribution is -2.02. The van der Waals surface area contributed by atoms with E-state index in [1.165, 1.54) is 0 Å². The molecule has 102 valence electrons. The van der Waals surface area contributed by atoms with Crippen LogP contribution < -0.4 is 0 Å². The fraction of sp³-hybridized carbons (Fsp3) is 0.438. The van der Waals surface area contributed by atoms with E-state index in [4.69, 9.17) is 0 Å². The molecule has 0 amide bonds. The molecule has 3 heteroatoms. The second kappa shape index (κ2) is 5.08. The summed E-state index contributed by atoms with van der Waals surface area (Å²) >= 11 is 0. The molecule has 19 heavy (non-hydrogen) atoms. The normalized spacial score (nSPS) is 11.4. The lowest BCUT2D eigenvalue weighted by Gasteiger charge is -2.11. The monoisotopic (exact) mass is 259 g/mol. The first-order chi connectivity index (χ1) is 8.95. The van der Waals surface area contributed by atoms with Crippen molar-refractivity contribution in [2.75, 3.05) is 0 Å². The van der Waals surface area contributed by atoms with E-state index in [2.05, 4.69) is 37.6 Å². The first-order valence-corrected chi connectivity index (χ1v) is 6.83. The van der Waals surface area contributed by atoms with Gasteiger partial charge in [0, 0.05) is 23.1 Å². The van der Waals surface area contributed by atoms with Crippen molar-refractivity contribution >= 4 is 16.9 Å². The van der Waals surface area contributed by atoms with E-state index < -0.39 is 5.97 Å². The summed E-state index contributed by atoms with van der Waals surface area (Å²) in [5.74, 6) is -0.840. The summed E-state index contributed by atoms with van der Waals surface area (Å²) in [6.45, 7) is 8.32. The number of hydrogen-bond donors (Lipinski definition) is 1. The number of aromatic carboxylic acids is 1. The van der Waals surface area contributed by atoms with Gasteiger partial charge in [-0.15, -0.1) is 0 Å². The van der Waals surface area contributed by atoms with Gasteiger partial charge in [0.15, 0.2) is 0 Å². The van der Waals surface area contributed by atoms with Crippen molar-refractivity contribution in [1.82, 2.24) is 4.57 Å². The molecule has 0 bridgehead atoms. The highest BCUT2D eigenvalue weighted by Crippen LogP contribution is 2.29. The Hall–Kier alpha value is -1.77. The maximum atomic E-state index is 11.5. The second-order valence-corrected chi connectivity index (χ2v) is 5.41. The number of rotatable bonds is 4. The van der Waals surface area contributed by atoms with E-state index in [1.807, 2.05) is 13.0 Å². The highest BCUT2D eigenvalue weighted by molar-refractivity contribution is 6.05. The number of hydrogen-bond acceptors (Lipinski definition) is 1. The summed E-state index contributed by atoms with van der Waals surface area (Å²) in [6, 6.07) is 4.29. The highest BCUT2D eigenvalue weighted by atomic mass is 16.4. The largest absolute Gasteiger partial charge is 0.478 e. The Morgan fingerprint density at radius 2 is 2.05 bits per heavy atom. The van der Waals surface area contributed by atoms with Gasteiger partial charge >= 0.3 is 5.97 Å². The second-order valence-electron chi connectivity index (χ2n) is 5.41. The van der Waals surface area contributed by atoms with E-state index in [0.29, 0.717) is 11.6 Å². The Kier molecular flexibility index (Phi) is 3.65. The molecule has 0 fully saturated rings. The molecule has 2 rings (SSSR count). The van der Waals surface area contributed by atoms with Crippen LogP contribution in [-0.4, -0.2) is 15.6 Å². The van der Waals surface area contributed by atoms with Gasteiger partial charge in [0.1, 0.15) is 0 Å². The Bertz CT molecular complexity index is 623. The lowest BCUT2D eigenvalue weighted by molar-refractivity contribution is 0.0699. The molecule has 0 aliphatic heterocycles. The third kappa shape index (κ3) is 2.37. The predicted octanol–water partition coefficient (Wildman–Crippen LogP) is 4.18. The van der Waals surface area contributed by atoms with Gasteiger partial charge < -0.3 is 9.67 Å². The van der Waals surface area contributed by atoms with Crippen LogP contribution in [0.15, 0.2) is 18.3 Å². The van der Waals surface area contributed by atoms with Gasteiger partial charge in [-0.1, -0.05) is 13.3 Å². The quantitative estimate of drug-likeness (QED) is 0.895. The number of benzene rings is 1. The molecule has 0 aliphatic carbocycles. The number of aromatic nitrogens is 1. The summed E-state index contributed by atoms with van der Waals surface area (Å²) in [7, 11) is 0. The molecule has 0 saturated carbocycles. The van der Waals surface area contributed by atoms with Gasteiger partial charge in [0.05, 0.1) is 5.56 Å². The number of carbonyl (C=O) groups is 1. The summed E-state index contributed by atoms with van der Waals surface area (Å²) in [6.07, 6.45) is 3.99. The first-order valence-electron chi connectivity index (χ1n) is 6.83. The van der Waals surface area contributed by atoms with Crippen LogP contribution in [0.4, 0.5) is 0 Å². The average molecular weight is 259 g/mol. The fourth-order valence-electron chi connectivity index (χ4n) is 2.67. The number of nitrogens with zero attached hydrogens (tertiary/aromatic N) is 1. The number of fused-ring (bicyclic) bond motifs is 1. The smallest absolute Gasteiger partial charge is 0.336 e. The molecule has 0 saturated heterocycles. The van der Waals surface area contributed by atoms with Gasteiger partial charge in [0.2, 0.25) is 0 Å². The lowest BCUT2D eigenvalue weighted by atomic mass is 10.0. The van der Waals surface area contributed by atoms with Crippen molar-refractivity contribution < 1.29 is 9.90 Å². The number of carboxylic acids is 1. The Morgan fingerprint density at radius 1 is 1.37 bits per heavy atom. The van der Waals surface area contributed by atoms with Crippen molar-refractivity contribution in [3.63, 3.8) is 0 Å². The molecular formula is C16H21NO2. The van der Waals surface area contributed by atoms with Crippen LogP contribution in [0.3, 0.4) is 0 Å². The van der Waals surface area contributed by atoms with Crippen LogP contribution in [0.1, 0.15) is 54.7 Å². The van der Waals surface area contributed by atoms with Crippen LogP contribution in [-0.2, 0) is 6.42 Å². The van der Waals surface area contributed by atoms with E-state index in [-0.39, 0.29) is 0 Å². The molecule has 0 spiro atoms. The Labute approximate surface area is 113 Å². The number of carboxylic acid groups (broad SMARTS) is 1. The molecule has 0 atom stereocenters. The summed E-state index contributed by atoms with van der Waals surface area (Å²) < 4.78 is 2.16. The number of aryl methyl sites for hydroxylation is 2.